The second kappa shape index (κ2) is 9.78. The molecule has 0 bridgehead atoms. The zero-order chi connectivity index (χ0) is 17.6. The second-order valence-corrected chi connectivity index (χ2v) is 6.97. The highest BCUT2D eigenvalue weighted by Crippen LogP contribution is 2.22. The summed E-state index contributed by atoms with van der Waals surface area (Å²) < 4.78 is 0. The monoisotopic (exact) mass is 380 g/mol. The van der Waals surface area contributed by atoms with Gasteiger partial charge in [-0.2, -0.15) is 0 Å². The maximum absolute atomic E-state index is 12.8. The van der Waals surface area contributed by atoms with Gasteiger partial charge in [-0.3, -0.25) is 4.79 Å². The number of halogens is 1. The predicted molar refractivity (Wildman–Crippen MR) is 106 cm³/mol. The molecule has 7 heteroatoms. The number of rotatable bonds is 3. The lowest BCUT2D eigenvalue weighted by Gasteiger charge is -2.37. The third-order valence-corrected chi connectivity index (χ3v) is 5.30. The first kappa shape index (κ1) is 20.5. The van der Waals surface area contributed by atoms with E-state index in [1.807, 2.05) is 42.3 Å². The van der Waals surface area contributed by atoms with Gasteiger partial charge < -0.3 is 20.4 Å². The number of para-hydroxylation sites is 1. The fourth-order valence-electron chi connectivity index (χ4n) is 3.73. The van der Waals surface area contributed by atoms with Crippen LogP contribution in [-0.4, -0.2) is 61.0 Å². The van der Waals surface area contributed by atoms with Crippen LogP contribution in [0.1, 0.15) is 25.7 Å². The van der Waals surface area contributed by atoms with Crippen LogP contribution < -0.4 is 10.6 Å². The van der Waals surface area contributed by atoms with Gasteiger partial charge in [0.1, 0.15) is 0 Å². The van der Waals surface area contributed by atoms with Crippen molar-refractivity contribution in [3.8, 4) is 0 Å². The molecule has 3 amide bonds. The van der Waals surface area contributed by atoms with E-state index in [0.717, 1.165) is 44.5 Å². The number of urea groups is 1. The summed E-state index contributed by atoms with van der Waals surface area (Å²) in [5.74, 6) is 0.146. The zero-order valence-corrected chi connectivity index (χ0v) is 16.1. The van der Waals surface area contributed by atoms with E-state index in [2.05, 4.69) is 10.6 Å². The fraction of sp³-hybridized carbons (Fsp3) is 0.579. The summed E-state index contributed by atoms with van der Waals surface area (Å²) in [6.07, 6.45) is 3.77. The standard InChI is InChI=1S/C19H28N4O2.ClH/c1-20-16-9-12-22(13-10-16)18(24)15-6-5-11-23(14-15)19(25)21-17-7-3-2-4-8-17;/h2-4,7-8,15-16,20H,5-6,9-14H2,1H3,(H,21,25);1H. The zero-order valence-electron chi connectivity index (χ0n) is 15.3. The lowest BCUT2D eigenvalue weighted by atomic mass is 9.95. The van der Waals surface area contributed by atoms with Crippen molar-refractivity contribution in [1.29, 1.82) is 0 Å². The van der Waals surface area contributed by atoms with Gasteiger partial charge >= 0.3 is 6.03 Å². The van der Waals surface area contributed by atoms with Gasteiger partial charge in [-0.1, -0.05) is 18.2 Å². The molecule has 1 aromatic carbocycles. The summed E-state index contributed by atoms with van der Waals surface area (Å²) in [5.41, 5.74) is 0.787. The van der Waals surface area contributed by atoms with Crippen molar-refractivity contribution >= 4 is 30.0 Å². The van der Waals surface area contributed by atoms with Crippen molar-refractivity contribution < 1.29 is 9.59 Å². The molecule has 2 fully saturated rings. The minimum Gasteiger partial charge on any atom is -0.342 e. The second-order valence-electron chi connectivity index (χ2n) is 6.97. The van der Waals surface area contributed by atoms with Gasteiger partial charge in [0, 0.05) is 37.9 Å². The number of anilines is 1. The molecule has 0 aromatic heterocycles. The highest BCUT2D eigenvalue weighted by atomic mass is 35.5. The van der Waals surface area contributed by atoms with Crippen molar-refractivity contribution in [2.75, 3.05) is 38.5 Å². The lowest BCUT2D eigenvalue weighted by Crippen LogP contribution is -2.50. The summed E-state index contributed by atoms with van der Waals surface area (Å²) in [5, 5.41) is 6.21. The minimum atomic E-state index is -0.113. The van der Waals surface area contributed by atoms with E-state index >= 15 is 0 Å². The van der Waals surface area contributed by atoms with Gasteiger partial charge in [-0.15, -0.1) is 12.4 Å². The number of carbonyl (C=O) groups excluding carboxylic acids is 2. The quantitative estimate of drug-likeness (QED) is 0.847. The number of likely N-dealkylation sites (tertiary alicyclic amines) is 2. The van der Waals surface area contributed by atoms with E-state index in [1.165, 1.54) is 0 Å². The Bertz CT molecular complexity index is 590. The van der Waals surface area contributed by atoms with Gasteiger partial charge in [-0.25, -0.2) is 4.79 Å². The molecule has 144 valence electrons. The van der Waals surface area contributed by atoms with Crippen molar-refractivity contribution in [2.45, 2.75) is 31.7 Å². The van der Waals surface area contributed by atoms with Crippen molar-refractivity contribution in [1.82, 2.24) is 15.1 Å². The molecule has 0 aliphatic carbocycles. The number of hydrogen-bond acceptors (Lipinski definition) is 3. The molecular formula is C19H29ClN4O2. The molecule has 2 aliphatic heterocycles. The van der Waals surface area contributed by atoms with Crippen LogP contribution in [0, 0.1) is 5.92 Å². The number of benzene rings is 1. The molecule has 2 N–H and O–H groups in total. The van der Waals surface area contributed by atoms with Crippen molar-refractivity contribution in [3.05, 3.63) is 30.3 Å². The molecule has 1 aromatic rings. The number of carbonyl (C=O) groups is 2. The molecule has 0 saturated carbocycles. The van der Waals surface area contributed by atoms with Crippen LogP contribution in [0.5, 0.6) is 0 Å². The Balaban J connectivity index is 0.00000243. The highest BCUT2D eigenvalue weighted by molar-refractivity contribution is 5.90. The van der Waals surface area contributed by atoms with Crippen LogP contribution >= 0.6 is 12.4 Å². The molecule has 0 radical (unpaired) electrons. The van der Waals surface area contributed by atoms with Gasteiger partial charge in [0.25, 0.3) is 0 Å². The first-order valence-corrected chi connectivity index (χ1v) is 9.24. The first-order valence-electron chi connectivity index (χ1n) is 9.24. The van der Waals surface area contributed by atoms with Gasteiger partial charge in [0.05, 0.1) is 5.92 Å². The van der Waals surface area contributed by atoms with Gasteiger partial charge in [0.15, 0.2) is 0 Å². The van der Waals surface area contributed by atoms with Gasteiger partial charge in [0.2, 0.25) is 5.91 Å². The smallest absolute Gasteiger partial charge is 0.321 e. The van der Waals surface area contributed by atoms with Crippen LogP contribution in [0.15, 0.2) is 30.3 Å². The maximum Gasteiger partial charge on any atom is 0.321 e. The molecule has 3 rings (SSSR count). The molecule has 1 unspecified atom stereocenters. The molecule has 1 atom stereocenters. The average Bonchev–Trinajstić information content (AvgIpc) is 2.68. The maximum atomic E-state index is 12.8. The van der Waals surface area contributed by atoms with E-state index in [-0.39, 0.29) is 30.3 Å². The Morgan fingerprint density at radius 3 is 2.35 bits per heavy atom. The summed E-state index contributed by atoms with van der Waals surface area (Å²) in [7, 11) is 1.98. The number of piperidine rings is 2. The van der Waals surface area contributed by atoms with E-state index in [0.29, 0.717) is 19.1 Å². The Morgan fingerprint density at radius 1 is 1.00 bits per heavy atom. The molecule has 0 spiro atoms. The summed E-state index contributed by atoms with van der Waals surface area (Å²) in [6.45, 7) is 2.86. The van der Waals surface area contributed by atoms with Crippen molar-refractivity contribution in [3.63, 3.8) is 0 Å². The molecule has 2 saturated heterocycles. The highest BCUT2D eigenvalue weighted by Gasteiger charge is 2.32. The third-order valence-electron chi connectivity index (χ3n) is 5.30. The largest absolute Gasteiger partial charge is 0.342 e. The molecule has 6 nitrogen and oxygen atoms in total. The average molecular weight is 381 g/mol. The molecular weight excluding hydrogens is 352 g/mol. The topological polar surface area (TPSA) is 64.7 Å². The van der Waals surface area contributed by atoms with Crippen LogP contribution in [0.25, 0.3) is 0 Å². The number of hydrogen-bond donors (Lipinski definition) is 2. The van der Waals surface area contributed by atoms with Gasteiger partial charge in [-0.05, 0) is 44.9 Å². The molecule has 26 heavy (non-hydrogen) atoms. The third kappa shape index (κ3) is 5.11. The van der Waals surface area contributed by atoms with Crippen LogP contribution in [0.4, 0.5) is 10.5 Å². The Labute approximate surface area is 161 Å². The van der Waals surface area contributed by atoms with E-state index in [1.54, 1.807) is 4.90 Å². The van der Waals surface area contributed by atoms with E-state index < -0.39 is 0 Å². The normalized spacial score (nSPS) is 21.0. The summed E-state index contributed by atoms with van der Waals surface area (Å²) >= 11 is 0. The van der Waals surface area contributed by atoms with Crippen LogP contribution in [0.2, 0.25) is 0 Å². The first-order chi connectivity index (χ1) is 12.2. The van der Waals surface area contributed by atoms with Crippen molar-refractivity contribution in [2.24, 2.45) is 5.92 Å². The fourth-order valence-corrected chi connectivity index (χ4v) is 3.73. The van der Waals surface area contributed by atoms with E-state index in [9.17, 15) is 9.59 Å². The number of nitrogens with zero attached hydrogens (tertiary/aromatic N) is 2. The summed E-state index contributed by atoms with van der Waals surface area (Å²) in [6, 6.07) is 9.86. The van der Waals surface area contributed by atoms with E-state index in [4.69, 9.17) is 0 Å². The van der Waals surface area contributed by atoms with Crippen LogP contribution in [-0.2, 0) is 4.79 Å². The predicted octanol–water partition coefficient (Wildman–Crippen LogP) is 2.56. The Kier molecular flexibility index (Phi) is 7.72. The molecule has 2 aliphatic rings. The minimum absolute atomic E-state index is 0. The number of amides is 3. The Hall–Kier alpha value is -1.79. The Morgan fingerprint density at radius 2 is 1.69 bits per heavy atom. The molecule has 2 heterocycles. The lowest BCUT2D eigenvalue weighted by molar-refractivity contribution is -0.138. The SMILES string of the molecule is CNC1CCN(C(=O)C2CCCN(C(=O)Nc3ccccc3)C2)CC1.Cl. The van der Waals surface area contributed by atoms with Crippen LogP contribution in [0.3, 0.4) is 0 Å². The number of nitrogens with one attached hydrogen (secondary N) is 2. The summed E-state index contributed by atoms with van der Waals surface area (Å²) in [4.78, 5) is 29.1.